The Hall–Kier alpha value is -0.130. The number of carbonyl (C=O) groups is 1. The number of thioether (sulfide) groups is 1. The van der Waals surface area contributed by atoms with Crippen LogP contribution in [-0.4, -0.2) is 23.0 Å². The van der Waals surface area contributed by atoms with Crippen molar-refractivity contribution in [1.82, 2.24) is 5.32 Å². The number of halogens is 1. The smallest absolute Gasteiger partial charge is 0.252 e. The van der Waals surface area contributed by atoms with Gasteiger partial charge in [0.15, 0.2) is 0 Å². The predicted molar refractivity (Wildman–Crippen MR) is 88.4 cm³/mol. The maximum atomic E-state index is 12.3. The van der Waals surface area contributed by atoms with Gasteiger partial charge in [-0.15, -0.1) is 12.6 Å². The Balaban J connectivity index is 2.06. The van der Waals surface area contributed by atoms with Gasteiger partial charge >= 0.3 is 0 Å². The molecule has 2 atom stereocenters. The first-order valence-electron chi connectivity index (χ1n) is 6.52. The molecule has 1 saturated carbocycles. The Morgan fingerprint density at radius 2 is 2.32 bits per heavy atom. The standard InChI is InChI=1S/C14H18BrNOS2/c1-2-19-13-5-3-4-12(13)16-14(17)10-8-9(18)6-7-11(10)15/h6-8,12-13,18H,2-5H2,1H3,(H,16,17). The summed E-state index contributed by atoms with van der Waals surface area (Å²) in [6.45, 7) is 2.17. The van der Waals surface area contributed by atoms with Gasteiger partial charge in [0.2, 0.25) is 0 Å². The number of rotatable bonds is 4. The van der Waals surface area contributed by atoms with E-state index in [1.165, 1.54) is 12.8 Å². The van der Waals surface area contributed by atoms with E-state index in [9.17, 15) is 4.79 Å². The molecular weight excluding hydrogens is 342 g/mol. The molecule has 1 N–H and O–H groups in total. The summed E-state index contributed by atoms with van der Waals surface area (Å²) in [5.41, 5.74) is 0.666. The molecule has 0 saturated heterocycles. The van der Waals surface area contributed by atoms with E-state index < -0.39 is 0 Å². The molecule has 19 heavy (non-hydrogen) atoms. The van der Waals surface area contributed by atoms with Crippen LogP contribution in [0.1, 0.15) is 36.5 Å². The van der Waals surface area contributed by atoms with Crippen LogP contribution < -0.4 is 5.32 Å². The lowest BCUT2D eigenvalue weighted by atomic mass is 10.2. The zero-order valence-corrected chi connectivity index (χ0v) is 14.2. The van der Waals surface area contributed by atoms with Crippen molar-refractivity contribution in [2.24, 2.45) is 0 Å². The Bertz CT molecular complexity index is 467. The van der Waals surface area contributed by atoms with Crippen molar-refractivity contribution in [2.45, 2.75) is 42.4 Å². The van der Waals surface area contributed by atoms with Crippen molar-refractivity contribution >= 4 is 46.2 Å². The van der Waals surface area contributed by atoms with Crippen LogP contribution in [0, 0.1) is 0 Å². The van der Waals surface area contributed by atoms with Crippen LogP contribution in [0.15, 0.2) is 27.6 Å². The molecule has 5 heteroatoms. The van der Waals surface area contributed by atoms with Crippen LogP contribution in [0.3, 0.4) is 0 Å². The van der Waals surface area contributed by atoms with Crippen molar-refractivity contribution in [2.75, 3.05) is 5.75 Å². The molecule has 0 aliphatic heterocycles. The summed E-state index contributed by atoms with van der Waals surface area (Å²) >= 11 is 9.67. The van der Waals surface area contributed by atoms with E-state index in [-0.39, 0.29) is 5.91 Å². The van der Waals surface area contributed by atoms with E-state index in [1.807, 2.05) is 23.9 Å². The fourth-order valence-electron chi connectivity index (χ4n) is 2.44. The monoisotopic (exact) mass is 359 g/mol. The van der Waals surface area contributed by atoms with E-state index >= 15 is 0 Å². The minimum atomic E-state index is -0.00335. The molecule has 1 aromatic rings. The highest BCUT2D eigenvalue weighted by atomic mass is 79.9. The number of benzene rings is 1. The van der Waals surface area contributed by atoms with Gasteiger partial charge in [-0.3, -0.25) is 4.79 Å². The molecule has 1 aliphatic rings. The topological polar surface area (TPSA) is 29.1 Å². The minimum Gasteiger partial charge on any atom is -0.348 e. The third-order valence-corrected chi connectivity index (χ3v) is 5.64. The normalized spacial score (nSPS) is 22.5. The van der Waals surface area contributed by atoms with E-state index in [2.05, 4.69) is 40.8 Å². The third-order valence-electron chi connectivity index (χ3n) is 3.34. The van der Waals surface area contributed by atoms with E-state index in [0.717, 1.165) is 21.5 Å². The molecule has 0 bridgehead atoms. The molecule has 1 amide bonds. The highest BCUT2D eigenvalue weighted by Gasteiger charge is 2.29. The Morgan fingerprint density at radius 1 is 1.53 bits per heavy atom. The highest BCUT2D eigenvalue weighted by molar-refractivity contribution is 9.10. The molecule has 0 radical (unpaired) electrons. The minimum absolute atomic E-state index is 0.00335. The lowest BCUT2D eigenvalue weighted by Gasteiger charge is -2.20. The van der Waals surface area contributed by atoms with Gasteiger partial charge in [0.1, 0.15) is 0 Å². The van der Waals surface area contributed by atoms with Gasteiger partial charge in [-0.2, -0.15) is 11.8 Å². The molecule has 2 nitrogen and oxygen atoms in total. The van der Waals surface area contributed by atoms with Crippen molar-refractivity contribution in [1.29, 1.82) is 0 Å². The molecule has 1 aliphatic carbocycles. The van der Waals surface area contributed by atoms with Gasteiger partial charge < -0.3 is 5.32 Å². The number of amides is 1. The van der Waals surface area contributed by atoms with Crippen molar-refractivity contribution < 1.29 is 4.79 Å². The van der Waals surface area contributed by atoms with Crippen LogP contribution in [0.5, 0.6) is 0 Å². The lowest BCUT2D eigenvalue weighted by molar-refractivity contribution is 0.0937. The first-order chi connectivity index (χ1) is 9.11. The molecule has 104 valence electrons. The van der Waals surface area contributed by atoms with E-state index in [1.54, 1.807) is 6.07 Å². The fraction of sp³-hybridized carbons (Fsp3) is 0.500. The van der Waals surface area contributed by atoms with Crippen molar-refractivity contribution in [3.05, 3.63) is 28.2 Å². The molecule has 0 heterocycles. The van der Waals surface area contributed by atoms with Crippen LogP contribution in [0.25, 0.3) is 0 Å². The van der Waals surface area contributed by atoms with Gasteiger partial charge in [0.25, 0.3) is 5.91 Å². The highest BCUT2D eigenvalue weighted by Crippen LogP contribution is 2.30. The molecular formula is C14H18BrNOS2. The summed E-state index contributed by atoms with van der Waals surface area (Å²) < 4.78 is 0.820. The molecule has 0 aromatic heterocycles. The van der Waals surface area contributed by atoms with Gasteiger partial charge in [0.05, 0.1) is 5.56 Å². The van der Waals surface area contributed by atoms with E-state index in [4.69, 9.17) is 0 Å². The number of hydrogen-bond acceptors (Lipinski definition) is 3. The third kappa shape index (κ3) is 3.92. The summed E-state index contributed by atoms with van der Waals surface area (Å²) in [5.74, 6) is 1.10. The zero-order chi connectivity index (χ0) is 13.8. The van der Waals surface area contributed by atoms with Gasteiger partial charge in [-0.25, -0.2) is 0 Å². The van der Waals surface area contributed by atoms with Gasteiger partial charge in [0, 0.05) is 20.7 Å². The van der Waals surface area contributed by atoms with Crippen molar-refractivity contribution in [3.63, 3.8) is 0 Å². The zero-order valence-electron chi connectivity index (χ0n) is 10.9. The maximum absolute atomic E-state index is 12.3. The van der Waals surface area contributed by atoms with Crippen LogP contribution in [0.2, 0.25) is 0 Å². The van der Waals surface area contributed by atoms with Crippen LogP contribution in [0.4, 0.5) is 0 Å². The molecule has 1 aromatic carbocycles. The summed E-state index contributed by atoms with van der Waals surface area (Å²) in [7, 11) is 0. The first kappa shape index (κ1) is 15.3. The second-order valence-electron chi connectivity index (χ2n) is 4.67. The molecule has 2 unspecified atom stereocenters. The second kappa shape index (κ2) is 7.04. The van der Waals surface area contributed by atoms with Gasteiger partial charge in [-0.1, -0.05) is 13.3 Å². The number of thiol groups is 1. The SMILES string of the molecule is CCSC1CCCC1NC(=O)c1cc(S)ccc1Br. The average molecular weight is 360 g/mol. The number of hydrogen-bond donors (Lipinski definition) is 2. The summed E-state index contributed by atoms with van der Waals surface area (Å²) in [5, 5.41) is 3.74. The van der Waals surface area contributed by atoms with Crippen LogP contribution in [-0.2, 0) is 0 Å². The Labute approximate surface area is 132 Å². The molecule has 0 spiro atoms. The first-order valence-corrected chi connectivity index (χ1v) is 8.81. The predicted octanol–water partition coefficient (Wildman–Crippen LogP) is 4.14. The summed E-state index contributed by atoms with van der Waals surface area (Å²) in [4.78, 5) is 13.1. The summed E-state index contributed by atoms with van der Waals surface area (Å²) in [6.07, 6.45) is 3.50. The quantitative estimate of drug-likeness (QED) is 0.790. The number of nitrogens with one attached hydrogen (secondary N) is 1. The summed E-state index contributed by atoms with van der Waals surface area (Å²) in [6, 6.07) is 5.84. The second-order valence-corrected chi connectivity index (χ2v) is 7.56. The van der Waals surface area contributed by atoms with Crippen LogP contribution >= 0.6 is 40.3 Å². The van der Waals surface area contributed by atoms with Crippen molar-refractivity contribution in [3.8, 4) is 0 Å². The fourth-order valence-corrected chi connectivity index (χ4v) is 4.27. The molecule has 2 rings (SSSR count). The maximum Gasteiger partial charge on any atom is 0.252 e. The average Bonchev–Trinajstić information content (AvgIpc) is 2.80. The lowest BCUT2D eigenvalue weighted by Crippen LogP contribution is -2.38. The molecule has 1 fully saturated rings. The van der Waals surface area contributed by atoms with E-state index in [0.29, 0.717) is 16.9 Å². The Kier molecular flexibility index (Phi) is 5.66. The Morgan fingerprint density at radius 3 is 3.05 bits per heavy atom. The number of carbonyl (C=O) groups excluding carboxylic acids is 1. The largest absolute Gasteiger partial charge is 0.348 e. The van der Waals surface area contributed by atoms with Gasteiger partial charge in [-0.05, 0) is 52.7 Å².